The second-order valence-corrected chi connectivity index (χ2v) is 3.90. The Labute approximate surface area is 98.1 Å². The third-order valence-electron chi connectivity index (χ3n) is 2.34. The molecule has 0 aliphatic heterocycles. The maximum atomic E-state index is 9.07. The summed E-state index contributed by atoms with van der Waals surface area (Å²) in [7, 11) is 0. The molecule has 0 radical (unpaired) electrons. The van der Waals surface area contributed by atoms with Gasteiger partial charge in [-0.2, -0.15) is 0 Å². The lowest BCUT2D eigenvalue weighted by molar-refractivity contribution is 0.191. The van der Waals surface area contributed by atoms with Gasteiger partial charge in [0.1, 0.15) is 0 Å². The fourth-order valence-corrected chi connectivity index (χ4v) is 1.34. The average Bonchev–Trinajstić information content (AvgIpc) is 2.10. The molecule has 15 heavy (non-hydrogen) atoms. The third-order valence-corrected chi connectivity index (χ3v) is 2.34. The predicted molar refractivity (Wildman–Crippen MR) is 66.6 cm³/mol. The standard InChI is InChI=1S/C12H19NO.ClH/c1-9-4-5-12(6-10(9)2)8-13-7-11(3)14;/h4-6,11,13-14H,7-8H2,1-3H3;1H. The molecular weight excluding hydrogens is 210 g/mol. The minimum Gasteiger partial charge on any atom is -0.392 e. The average molecular weight is 230 g/mol. The van der Waals surface area contributed by atoms with Crippen LogP contribution in [0.25, 0.3) is 0 Å². The molecule has 0 aromatic heterocycles. The van der Waals surface area contributed by atoms with Crippen molar-refractivity contribution in [2.45, 2.75) is 33.4 Å². The predicted octanol–water partition coefficient (Wildman–Crippen LogP) is 2.20. The zero-order valence-electron chi connectivity index (χ0n) is 9.58. The van der Waals surface area contributed by atoms with Gasteiger partial charge in [-0.3, -0.25) is 0 Å². The molecule has 1 rings (SSSR count). The Morgan fingerprint density at radius 1 is 1.27 bits per heavy atom. The third kappa shape index (κ3) is 5.17. The monoisotopic (exact) mass is 229 g/mol. The molecule has 0 fully saturated rings. The molecule has 0 saturated heterocycles. The molecule has 1 aromatic carbocycles. The van der Waals surface area contributed by atoms with Crippen LogP contribution in [-0.2, 0) is 6.54 Å². The van der Waals surface area contributed by atoms with Crippen LogP contribution in [0, 0.1) is 13.8 Å². The molecule has 2 N–H and O–H groups in total. The van der Waals surface area contributed by atoms with E-state index in [0.29, 0.717) is 6.54 Å². The van der Waals surface area contributed by atoms with Gasteiger partial charge in [-0.1, -0.05) is 18.2 Å². The van der Waals surface area contributed by atoms with E-state index >= 15 is 0 Å². The highest BCUT2D eigenvalue weighted by Crippen LogP contribution is 2.09. The Morgan fingerprint density at radius 2 is 1.93 bits per heavy atom. The fraction of sp³-hybridized carbons (Fsp3) is 0.500. The first-order chi connectivity index (χ1) is 6.59. The Balaban J connectivity index is 0.00000196. The number of halogens is 1. The fourth-order valence-electron chi connectivity index (χ4n) is 1.34. The highest BCUT2D eigenvalue weighted by Gasteiger charge is 1.97. The van der Waals surface area contributed by atoms with Gasteiger partial charge in [0.05, 0.1) is 6.10 Å². The van der Waals surface area contributed by atoms with Gasteiger partial charge in [-0.25, -0.2) is 0 Å². The second kappa shape index (κ2) is 6.83. The summed E-state index contributed by atoms with van der Waals surface area (Å²) in [5.74, 6) is 0. The van der Waals surface area contributed by atoms with Crippen LogP contribution in [0.2, 0.25) is 0 Å². The highest BCUT2D eigenvalue weighted by molar-refractivity contribution is 5.85. The number of nitrogens with one attached hydrogen (secondary N) is 1. The summed E-state index contributed by atoms with van der Waals surface area (Å²) in [4.78, 5) is 0. The quantitative estimate of drug-likeness (QED) is 0.830. The molecule has 2 nitrogen and oxygen atoms in total. The molecule has 0 bridgehead atoms. The van der Waals surface area contributed by atoms with E-state index < -0.39 is 0 Å². The first-order valence-corrected chi connectivity index (χ1v) is 5.04. The molecule has 0 aliphatic rings. The molecule has 0 heterocycles. The first-order valence-electron chi connectivity index (χ1n) is 5.04. The van der Waals surface area contributed by atoms with E-state index in [-0.39, 0.29) is 18.5 Å². The van der Waals surface area contributed by atoms with Gasteiger partial charge < -0.3 is 10.4 Å². The Hall–Kier alpha value is -0.570. The van der Waals surface area contributed by atoms with Crippen molar-refractivity contribution in [2.24, 2.45) is 0 Å². The molecule has 0 saturated carbocycles. The van der Waals surface area contributed by atoms with E-state index in [1.54, 1.807) is 6.92 Å². The minimum absolute atomic E-state index is 0. The first kappa shape index (κ1) is 14.4. The van der Waals surface area contributed by atoms with E-state index in [9.17, 15) is 0 Å². The van der Waals surface area contributed by atoms with Crippen LogP contribution < -0.4 is 5.32 Å². The lowest BCUT2D eigenvalue weighted by Crippen LogP contribution is -2.23. The zero-order valence-corrected chi connectivity index (χ0v) is 10.4. The van der Waals surface area contributed by atoms with Crippen molar-refractivity contribution in [3.63, 3.8) is 0 Å². The van der Waals surface area contributed by atoms with E-state index in [4.69, 9.17) is 5.11 Å². The summed E-state index contributed by atoms with van der Waals surface area (Å²) < 4.78 is 0. The van der Waals surface area contributed by atoms with Gasteiger partial charge in [0, 0.05) is 13.1 Å². The number of aliphatic hydroxyl groups is 1. The summed E-state index contributed by atoms with van der Waals surface area (Å²) >= 11 is 0. The van der Waals surface area contributed by atoms with E-state index in [1.807, 2.05) is 0 Å². The van der Waals surface area contributed by atoms with Crippen LogP contribution >= 0.6 is 12.4 Å². The summed E-state index contributed by atoms with van der Waals surface area (Å²) in [6.45, 7) is 7.49. The van der Waals surface area contributed by atoms with Crippen molar-refractivity contribution in [1.82, 2.24) is 5.32 Å². The minimum atomic E-state index is -0.276. The van der Waals surface area contributed by atoms with Gasteiger partial charge in [0.25, 0.3) is 0 Å². The Morgan fingerprint density at radius 3 is 2.47 bits per heavy atom. The molecule has 1 unspecified atom stereocenters. The van der Waals surface area contributed by atoms with E-state index in [2.05, 4.69) is 37.4 Å². The van der Waals surface area contributed by atoms with E-state index in [0.717, 1.165) is 6.54 Å². The number of aliphatic hydroxyl groups excluding tert-OH is 1. The Kier molecular flexibility index (Phi) is 6.57. The van der Waals surface area contributed by atoms with Crippen molar-refractivity contribution in [1.29, 1.82) is 0 Å². The lowest BCUT2D eigenvalue weighted by atomic mass is 10.1. The topological polar surface area (TPSA) is 32.3 Å². The zero-order chi connectivity index (χ0) is 10.6. The van der Waals surface area contributed by atoms with Gasteiger partial charge in [0.2, 0.25) is 0 Å². The van der Waals surface area contributed by atoms with Crippen LogP contribution in [-0.4, -0.2) is 17.8 Å². The SMILES string of the molecule is Cc1ccc(CNCC(C)O)cc1C.Cl. The van der Waals surface area contributed by atoms with Gasteiger partial charge >= 0.3 is 0 Å². The van der Waals surface area contributed by atoms with Crippen molar-refractivity contribution in [3.8, 4) is 0 Å². The largest absolute Gasteiger partial charge is 0.392 e. The molecule has 1 atom stereocenters. The number of aryl methyl sites for hydroxylation is 2. The van der Waals surface area contributed by atoms with Crippen LogP contribution in [0.3, 0.4) is 0 Å². The smallest absolute Gasteiger partial charge is 0.0636 e. The van der Waals surface area contributed by atoms with Crippen molar-refractivity contribution in [3.05, 3.63) is 34.9 Å². The molecule has 0 aliphatic carbocycles. The van der Waals surface area contributed by atoms with Gasteiger partial charge in [-0.05, 0) is 37.5 Å². The highest BCUT2D eigenvalue weighted by atomic mass is 35.5. The molecule has 3 heteroatoms. The van der Waals surface area contributed by atoms with E-state index in [1.165, 1.54) is 16.7 Å². The normalized spacial score (nSPS) is 12.0. The summed E-state index contributed by atoms with van der Waals surface area (Å²) in [6, 6.07) is 6.44. The molecular formula is C12H20ClNO. The van der Waals surface area contributed by atoms with Crippen LogP contribution in [0.1, 0.15) is 23.6 Å². The summed E-state index contributed by atoms with van der Waals surface area (Å²) in [5, 5.41) is 12.3. The maximum absolute atomic E-state index is 9.07. The number of rotatable bonds is 4. The summed E-state index contributed by atoms with van der Waals surface area (Å²) in [5.41, 5.74) is 3.92. The van der Waals surface area contributed by atoms with Gasteiger partial charge in [0.15, 0.2) is 0 Å². The maximum Gasteiger partial charge on any atom is 0.0636 e. The molecule has 0 amide bonds. The summed E-state index contributed by atoms with van der Waals surface area (Å²) in [6.07, 6.45) is -0.276. The van der Waals surface area contributed by atoms with Crippen molar-refractivity contribution < 1.29 is 5.11 Å². The van der Waals surface area contributed by atoms with Crippen LogP contribution in [0.15, 0.2) is 18.2 Å². The molecule has 86 valence electrons. The lowest BCUT2D eigenvalue weighted by Gasteiger charge is -2.08. The molecule has 1 aromatic rings. The van der Waals surface area contributed by atoms with Crippen molar-refractivity contribution in [2.75, 3.05) is 6.54 Å². The Bertz CT molecular complexity index is 300. The van der Waals surface area contributed by atoms with Crippen LogP contribution in [0.5, 0.6) is 0 Å². The number of benzene rings is 1. The van der Waals surface area contributed by atoms with Gasteiger partial charge in [-0.15, -0.1) is 12.4 Å². The second-order valence-electron chi connectivity index (χ2n) is 3.90. The number of hydrogen-bond acceptors (Lipinski definition) is 2. The number of hydrogen-bond donors (Lipinski definition) is 2. The van der Waals surface area contributed by atoms with Crippen LogP contribution in [0.4, 0.5) is 0 Å². The van der Waals surface area contributed by atoms with Crippen molar-refractivity contribution >= 4 is 12.4 Å². The molecule has 0 spiro atoms.